The minimum Gasteiger partial charge on any atom is -0.364 e. The fourth-order valence-corrected chi connectivity index (χ4v) is 1.43. The number of carbonyl (C=O) groups is 1. The van der Waals surface area contributed by atoms with E-state index >= 15 is 0 Å². The maximum Gasteiger partial charge on any atom is 0.271 e. The lowest BCUT2D eigenvalue weighted by Gasteiger charge is -2.02. The van der Waals surface area contributed by atoms with Gasteiger partial charge in [-0.1, -0.05) is 5.92 Å². The summed E-state index contributed by atoms with van der Waals surface area (Å²) in [5.74, 6) is 1.13. The van der Waals surface area contributed by atoms with Gasteiger partial charge in [0.25, 0.3) is 5.91 Å². The lowest BCUT2D eigenvalue weighted by molar-refractivity contribution is 0.0996. The zero-order valence-corrected chi connectivity index (χ0v) is 8.57. The molecule has 0 fully saturated rings. The Morgan fingerprint density at radius 2 is 2.24 bits per heavy atom. The molecule has 1 aromatic carbocycles. The quantitative estimate of drug-likeness (QED) is 0.744. The Kier molecular flexibility index (Phi) is 2.58. The van der Waals surface area contributed by atoms with Crippen LogP contribution in [0.5, 0.6) is 0 Å². The van der Waals surface area contributed by atoms with Crippen LogP contribution >= 0.6 is 0 Å². The topological polar surface area (TPSA) is 84.7 Å². The highest BCUT2D eigenvalue weighted by molar-refractivity contribution is 5.97. The van der Waals surface area contributed by atoms with Crippen LogP contribution in [0.1, 0.15) is 16.1 Å². The van der Waals surface area contributed by atoms with Crippen LogP contribution in [0, 0.1) is 18.2 Å². The molecule has 0 saturated carbocycles. The summed E-state index contributed by atoms with van der Waals surface area (Å²) < 4.78 is 13.2. The first-order chi connectivity index (χ1) is 8.13. The number of terminal acetylenes is 1. The normalized spacial score (nSPS) is 9.88. The lowest BCUT2D eigenvalue weighted by atomic mass is 10.0. The van der Waals surface area contributed by atoms with Crippen LogP contribution in [0.15, 0.2) is 18.2 Å². The van der Waals surface area contributed by atoms with Gasteiger partial charge in [-0.2, -0.15) is 15.4 Å². The summed E-state index contributed by atoms with van der Waals surface area (Å²) in [6.07, 6.45) is 5.29. The standard InChI is InChI=1S/C11H7FN4O/c1-2-6-3-4-7(12)5-8(6)9-10(11(13)17)15-16-14-9/h1,3-5H,(H2,13,17)(H,14,15,16). The van der Waals surface area contributed by atoms with Crippen molar-refractivity contribution in [3.63, 3.8) is 0 Å². The van der Waals surface area contributed by atoms with Crippen molar-refractivity contribution in [2.75, 3.05) is 0 Å². The van der Waals surface area contributed by atoms with Crippen molar-refractivity contribution in [3.05, 3.63) is 35.3 Å². The van der Waals surface area contributed by atoms with Crippen molar-refractivity contribution in [2.45, 2.75) is 0 Å². The Morgan fingerprint density at radius 1 is 1.47 bits per heavy atom. The number of hydrogen-bond donors (Lipinski definition) is 2. The van der Waals surface area contributed by atoms with E-state index in [2.05, 4.69) is 21.3 Å². The highest BCUT2D eigenvalue weighted by Gasteiger charge is 2.17. The third kappa shape index (κ3) is 1.86. The molecule has 2 aromatic rings. The van der Waals surface area contributed by atoms with Gasteiger partial charge in [0.1, 0.15) is 11.5 Å². The number of rotatable bonds is 2. The second-order valence-electron chi connectivity index (χ2n) is 3.22. The average Bonchev–Trinajstić information content (AvgIpc) is 2.77. The Morgan fingerprint density at radius 3 is 2.88 bits per heavy atom. The number of primary amides is 1. The number of hydrogen-bond acceptors (Lipinski definition) is 3. The third-order valence-electron chi connectivity index (χ3n) is 2.17. The molecule has 0 spiro atoms. The molecule has 1 amide bonds. The van der Waals surface area contributed by atoms with E-state index in [-0.39, 0.29) is 11.4 Å². The summed E-state index contributed by atoms with van der Waals surface area (Å²) >= 11 is 0. The second kappa shape index (κ2) is 4.06. The minimum absolute atomic E-state index is 0.0768. The average molecular weight is 230 g/mol. The number of benzene rings is 1. The largest absolute Gasteiger partial charge is 0.364 e. The number of carbonyl (C=O) groups excluding carboxylic acids is 1. The highest BCUT2D eigenvalue weighted by Crippen LogP contribution is 2.24. The van der Waals surface area contributed by atoms with Gasteiger partial charge in [0.2, 0.25) is 0 Å². The SMILES string of the molecule is C#Cc1ccc(F)cc1-c1n[nH]nc1C(N)=O. The van der Waals surface area contributed by atoms with Gasteiger partial charge >= 0.3 is 0 Å². The van der Waals surface area contributed by atoms with Gasteiger partial charge in [0.05, 0.1) is 0 Å². The molecule has 3 N–H and O–H groups in total. The molecule has 1 aromatic heterocycles. The second-order valence-corrected chi connectivity index (χ2v) is 3.22. The lowest BCUT2D eigenvalue weighted by Crippen LogP contribution is -2.13. The predicted molar refractivity (Wildman–Crippen MR) is 58.2 cm³/mol. The Bertz CT molecular complexity index is 627. The van der Waals surface area contributed by atoms with Crippen LogP contribution in [-0.4, -0.2) is 21.3 Å². The first-order valence-electron chi connectivity index (χ1n) is 4.60. The summed E-state index contributed by atoms with van der Waals surface area (Å²) in [4.78, 5) is 11.1. The fraction of sp³-hybridized carbons (Fsp3) is 0. The molecular formula is C11H7FN4O. The van der Waals surface area contributed by atoms with Crippen LogP contribution in [0.2, 0.25) is 0 Å². The molecule has 0 aliphatic rings. The van der Waals surface area contributed by atoms with Crippen molar-refractivity contribution >= 4 is 5.91 Å². The molecule has 0 atom stereocenters. The molecule has 0 radical (unpaired) electrons. The number of nitrogens with zero attached hydrogens (tertiary/aromatic N) is 2. The number of nitrogens with one attached hydrogen (secondary N) is 1. The fourth-order valence-electron chi connectivity index (χ4n) is 1.43. The molecule has 0 bridgehead atoms. The summed E-state index contributed by atoms with van der Waals surface area (Å²) in [6, 6.07) is 3.83. The molecule has 0 aliphatic carbocycles. The zero-order chi connectivity index (χ0) is 12.4. The molecule has 0 unspecified atom stereocenters. The summed E-state index contributed by atoms with van der Waals surface area (Å²) in [7, 11) is 0. The maximum atomic E-state index is 13.2. The third-order valence-corrected chi connectivity index (χ3v) is 2.17. The van der Waals surface area contributed by atoms with Crippen molar-refractivity contribution in [1.29, 1.82) is 0 Å². The van der Waals surface area contributed by atoms with E-state index < -0.39 is 11.7 Å². The van der Waals surface area contributed by atoms with E-state index in [1.54, 1.807) is 0 Å². The van der Waals surface area contributed by atoms with Gasteiger partial charge in [-0.05, 0) is 18.2 Å². The van der Waals surface area contributed by atoms with Gasteiger partial charge in [-0.3, -0.25) is 4.79 Å². The van der Waals surface area contributed by atoms with Gasteiger partial charge in [-0.15, -0.1) is 6.42 Å². The molecular weight excluding hydrogens is 223 g/mol. The predicted octanol–water partition coefficient (Wildman–Crippen LogP) is 0.691. The van der Waals surface area contributed by atoms with Gasteiger partial charge in [0, 0.05) is 11.1 Å². The summed E-state index contributed by atoms with van der Waals surface area (Å²) in [5.41, 5.74) is 5.89. The van der Waals surface area contributed by atoms with E-state index in [1.165, 1.54) is 18.2 Å². The number of halogens is 1. The zero-order valence-electron chi connectivity index (χ0n) is 8.57. The number of nitrogens with two attached hydrogens (primary N) is 1. The molecule has 5 nitrogen and oxygen atoms in total. The number of H-pyrrole nitrogens is 1. The first kappa shape index (κ1) is 10.8. The van der Waals surface area contributed by atoms with Crippen LogP contribution in [-0.2, 0) is 0 Å². The van der Waals surface area contributed by atoms with Crippen LogP contribution < -0.4 is 5.73 Å². The molecule has 1 heterocycles. The van der Waals surface area contributed by atoms with Crippen LogP contribution in [0.25, 0.3) is 11.3 Å². The van der Waals surface area contributed by atoms with Crippen LogP contribution in [0.3, 0.4) is 0 Å². The Balaban J connectivity index is 2.68. The van der Waals surface area contributed by atoms with E-state index in [1.807, 2.05) is 0 Å². The molecule has 84 valence electrons. The van der Waals surface area contributed by atoms with Gasteiger partial charge in [-0.25, -0.2) is 4.39 Å². The number of amides is 1. The van der Waals surface area contributed by atoms with Crippen molar-refractivity contribution in [3.8, 4) is 23.6 Å². The van der Waals surface area contributed by atoms with Crippen molar-refractivity contribution in [1.82, 2.24) is 15.4 Å². The Labute approximate surface area is 95.8 Å². The number of aromatic nitrogens is 3. The van der Waals surface area contributed by atoms with Crippen LogP contribution in [0.4, 0.5) is 4.39 Å². The minimum atomic E-state index is -0.763. The monoisotopic (exact) mass is 230 g/mol. The molecule has 0 saturated heterocycles. The summed E-state index contributed by atoms with van der Waals surface area (Å²) in [6.45, 7) is 0. The first-order valence-corrected chi connectivity index (χ1v) is 4.60. The molecule has 17 heavy (non-hydrogen) atoms. The van der Waals surface area contributed by atoms with Gasteiger partial charge < -0.3 is 5.73 Å². The van der Waals surface area contributed by atoms with Gasteiger partial charge in [0.15, 0.2) is 5.69 Å². The summed E-state index contributed by atoms with van der Waals surface area (Å²) in [5, 5.41) is 9.61. The van der Waals surface area contributed by atoms with E-state index in [9.17, 15) is 9.18 Å². The van der Waals surface area contributed by atoms with Crippen molar-refractivity contribution < 1.29 is 9.18 Å². The smallest absolute Gasteiger partial charge is 0.271 e. The molecule has 2 rings (SSSR count). The number of aromatic amines is 1. The maximum absolute atomic E-state index is 13.2. The van der Waals surface area contributed by atoms with Crippen molar-refractivity contribution in [2.24, 2.45) is 5.73 Å². The van der Waals surface area contributed by atoms with E-state index in [4.69, 9.17) is 12.2 Å². The Hall–Kier alpha value is -2.68. The highest BCUT2D eigenvalue weighted by atomic mass is 19.1. The van der Waals surface area contributed by atoms with E-state index in [0.717, 1.165) is 0 Å². The van der Waals surface area contributed by atoms with E-state index in [0.29, 0.717) is 11.1 Å². The molecule has 6 heteroatoms. The molecule has 0 aliphatic heterocycles.